The Morgan fingerprint density at radius 3 is 2.41 bits per heavy atom. The molecule has 0 aromatic rings. The van der Waals surface area contributed by atoms with Crippen LogP contribution in [0.15, 0.2) is 0 Å². The number of rotatable bonds is 7. The first-order chi connectivity index (χ1) is 7.87. The van der Waals surface area contributed by atoms with Gasteiger partial charge < -0.3 is 15.2 Å². The lowest BCUT2D eigenvalue weighted by Gasteiger charge is -2.28. The first kappa shape index (κ1) is 15.9. The molecule has 2 N–H and O–H groups in total. The van der Waals surface area contributed by atoms with Crippen molar-refractivity contribution in [3.63, 3.8) is 0 Å². The number of nitrogens with zero attached hydrogens (tertiary/aromatic N) is 1. The van der Waals surface area contributed by atoms with E-state index in [1.165, 1.54) is 14.0 Å². The van der Waals surface area contributed by atoms with Gasteiger partial charge in [-0.2, -0.15) is 0 Å². The Balaban J connectivity index is 4.39. The normalized spacial score (nSPS) is 14.2. The van der Waals surface area contributed by atoms with Crippen LogP contribution in [0.2, 0.25) is 0 Å². The number of carbonyl (C=O) groups excluding carboxylic acids is 2. The van der Waals surface area contributed by atoms with Crippen LogP contribution in [0.5, 0.6) is 0 Å². The maximum atomic E-state index is 11.4. The molecule has 1 atom stereocenters. The number of hydrogen-bond acceptors (Lipinski definition) is 5. The Bertz CT molecular complexity index is 266. The van der Waals surface area contributed by atoms with E-state index in [1.807, 2.05) is 13.8 Å². The van der Waals surface area contributed by atoms with Crippen molar-refractivity contribution >= 4 is 11.9 Å². The van der Waals surface area contributed by atoms with Crippen molar-refractivity contribution in [2.75, 3.05) is 33.3 Å². The molecule has 0 saturated carbocycles. The molecule has 0 aromatic carbocycles. The van der Waals surface area contributed by atoms with Gasteiger partial charge >= 0.3 is 5.97 Å². The number of aliphatic hydroxyl groups is 1. The molecule has 0 bridgehead atoms. The van der Waals surface area contributed by atoms with Gasteiger partial charge in [-0.15, -0.1) is 0 Å². The van der Waals surface area contributed by atoms with Crippen LogP contribution in [0.4, 0.5) is 0 Å². The predicted octanol–water partition coefficient (Wildman–Crippen LogP) is -0.632. The van der Waals surface area contributed by atoms with Crippen molar-refractivity contribution in [3.05, 3.63) is 0 Å². The molecule has 6 heteroatoms. The van der Waals surface area contributed by atoms with Crippen molar-refractivity contribution < 1.29 is 19.4 Å². The Labute approximate surface area is 102 Å². The van der Waals surface area contributed by atoms with Gasteiger partial charge in [0.25, 0.3) is 0 Å². The van der Waals surface area contributed by atoms with Crippen molar-refractivity contribution in [3.8, 4) is 0 Å². The summed E-state index contributed by atoms with van der Waals surface area (Å²) in [6.07, 6.45) is 0. The zero-order valence-corrected chi connectivity index (χ0v) is 10.9. The van der Waals surface area contributed by atoms with E-state index in [2.05, 4.69) is 10.1 Å². The summed E-state index contributed by atoms with van der Waals surface area (Å²) in [6, 6.07) is 0. The molecular weight excluding hydrogens is 224 g/mol. The van der Waals surface area contributed by atoms with Crippen LogP contribution in [0, 0.1) is 0 Å². The number of nitrogens with one attached hydrogen (secondary N) is 1. The van der Waals surface area contributed by atoms with Crippen molar-refractivity contribution in [2.24, 2.45) is 0 Å². The van der Waals surface area contributed by atoms with E-state index < -0.39 is 11.6 Å². The van der Waals surface area contributed by atoms with Gasteiger partial charge in [-0.3, -0.25) is 9.69 Å². The fraction of sp³-hybridized carbons (Fsp3) is 0.818. The lowest BCUT2D eigenvalue weighted by atomic mass is 10.1. The van der Waals surface area contributed by atoms with Crippen molar-refractivity contribution in [1.29, 1.82) is 0 Å². The molecule has 6 nitrogen and oxygen atoms in total. The lowest BCUT2D eigenvalue weighted by Crippen LogP contribution is -2.49. The fourth-order valence-corrected chi connectivity index (χ4v) is 1.46. The molecule has 0 heterocycles. The summed E-state index contributed by atoms with van der Waals surface area (Å²) < 4.78 is 4.50. The summed E-state index contributed by atoms with van der Waals surface area (Å²) >= 11 is 0. The van der Waals surface area contributed by atoms with E-state index >= 15 is 0 Å². The first-order valence-electron chi connectivity index (χ1n) is 5.67. The predicted molar refractivity (Wildman–Crippen MR) is 63.4 cm³/mol. The van der Waals surface area contributed by atoms with E-state index in [0.717, 1.165) is 0 Å². The summed E-state index contributed by atoms with van der Waals surface area (Å²) in [4.78, 5) is 24.4. The summed E-state index contributed by atoms with van der Waals surface area (Å²) in [6.45, 7) is 6.39. The standard InChI is InChI=1S/C11H22N2O4/c1-5-12-9(14)7-13(6-2)8-11(3,16)10(15)17-4/h16H,5-8H2,1-4H3,(H,12,14). The summed E-state index contributed by atoms with van der Waals surface area (Å²) in [5, 5.41) is 12.5. The SMILES string of the molecule is CCNC(=O)CN(CC)CC(C)(O)C(=O)OC. The summed E-state index contributed by atoms with van der Waals surface area (Å²) in [5.74, 6) is -0.832. The van der Waals surface area contributed by atoms with E-state index in [9.17, 15) is 14.7 Å². The van der Waals surface area contributed by atoms with Crippen molar-refractivity contribution in [2.45, 2.75) is 26.4 Å². The van der Waals surface area contributed by atoms with Gasteiger partial charge in [-0.1, -0.05) is 6.92 Å². The highest BCUT2D eigenvalue weighted by Gasteiger charge is 2.33. The highest BCUT2D eigenvalue weighted by molar-refractivity contribution is 5.80. The number of likely N-dealkylation sites (N-methyl/N-ethyl adjacent to an activating group) is 2. The van der Waals surface area contributed by atoms with Crippen LogP contribution in [-0.4, -0.2) is 60.8 Å². The Morgan fingerprint density at radius 2 is 2.00 bits per heavy atom. The largest absolute Gasteiger partial charge is 0.467 e. The second-order valence-electron chi connectivity index (χ2n) is 4.02. The van der Waals surface area contributed by atoms with Gasteiger partial charge in [-0.25, -0.2) is 4.79 Å². The van der Waals surface area contributed by atoms with Crippen LogP contribution < -0.4 is 5.32 Å². The maximum absolute atomic E-state index is 11.4. The second kappa shape index (κ2) is 7.24. The van der Waals surface area contributed by atoms with Gasteiger partial charge in [0.15, 0.2) is 5.60 Å². The van der Waals surface area contributed by atoms with Crippen LogP contribution in [0.25, 0.3) is 0 Å². The topological polar surface area (TPSA) is 78.9 Å². The molecule has 17 heavy (non-hydrogen) atoms. The zero-order valence-electron chi connectivity index (χ0n) is 10.9. The molecule has 0 radical (unpaired) electrons. The number of methoxy groups -OCH3 is 1. The molecule has 100 valence electrons. The Kier molecular flexibility index (Phi) is 6.75. The second-order valence-corrected chi connectivity index (χ2v) is 4.02. The number of amides is 1. The molecule has 0 spiro atoms. The van der Waals surface area contributed by atoms with E-state index in [1.54, 1.807) is 4.90 Å². The molecule has 0 aliphatic carbocycles. The van der Waals surface area contributed by atoms with Gasteiger partial charge in [0.2, 0.25) is 5.91 Å². The van der Waals surface area contributed by atoms with E-state index in [0.29, 0.717) is 13.1 Å². The average molecular weight is 246 g/mol. The number of hydrogen-bond donors (Lipinski definition) is 2. The minimum Gasteiger partial charge on any atom is -0.467 e. The lowest BCUT2D eigenvalue weighted by molar-refractivity contribution is -0.162. The minimum absolute atomic E-state index is 0.0628. The molecule has 0 rings (SSSR count). The number of esters is 1. The zero-order chi connectivity index (χ0) is 13.5. The van der Waals surface area contributed by atoms with E-state index in [-0.39, 0.29) is 19.0 Å². The van der Waals surface area contributed by atoms with Crippen LogP contribution >= 0.6 is 0 Å². The van der Waals surface area contributed by atoms with Gasteiger partial charge in [0.1, 0.15) is 0 Å². The monoisotopic (exact) mass is 246 g/mol. The highest BCUT2D eigenvalue weighted by atomic mass is 16.5. The van der Waals surface area contributed by atoms with Crippen LogP contribution in [-0.2, 0) is 14.3 Å². The van der Waals surface area contributed by atoms with Gasteiger partial charge in [0.05, 0.1) is 13.7 Å². The van der Waals surface area contributed by atoms with Crippen LogP contribution in [0.3, 0.4) is 0 Å². The molecule has 0 fully saturated rings. The third-order valence-corrected chi connectivity index (χ3v) is 2.35. The minimum atomic E-state index is -1.60. The van der Waals surface area contributed by atoms with Crippen molar-refractivity contribution in [1.82, 2.24) is 10.2 Å². The molecule has 0 saturated heterocycles. The third-order valence-electron chi connectivity index (χ3n) is 2.35. The molecule has 1 amide bonds. The fourth-order valence-electron chi connectivity index (χ4n) is 1.46. The van der Waals surface area contributed by atoms with Gasteiger partial charge in [0, 0.05) is 13.1 Å². The first-order valence-corrected chi connectivity index (χ1v) is 5.67. The molecular formula is C11H22N2O4. The molecule has 0 aliphatic rings. The van der Waals surface area contributed by atoms with Gasteiger partial charge in [-0.05, 0) is 20.4 Å². The van der Waals surface area contributed by atoms with E-state index in [4.69, 9.17) is 0 Å². The molecule has 0 aliphatic heterocycles. The Hall–Kier alpha value is -1.14. The molecule has 0 aromatic heterocycles. The maximum Gasteiger partial charge on any atom is 0.338 e. The number of carbonyl (C=O) groups is 2. The van der Waals surface area contributed by atoms with Crippen LogP contribution in [0.1, 0.15) is 20.8 Å². The molecule has 1 unspecified atom stereocenters. The smallest absolute Gasteiger partial charge is 0.338 e. The third kappa shape index (κ3) is 5.65. The Morgan fingerprint density at radius 1 is 1.41 bits per heavy atom. The average Bonchev–Trinajstić information content (AvgIpc) is 2.26. The summed E-state index contributed by atoms with van der Waals surface area (Å²) in [7, 11) is 1.22. The summed E-state index contributed by atoms with van der Waals surface area (Å²) in [5.41, 5.74) is -1.60. The highest BCUT2D eigenvalue weighted by Crippen LogP contribution is 2.08. The quantitative estimate of drug-likeness (QED) is 0.585. The number of ether oxygens (including phenoxy) is 1.